The van der Waals surface area contributed by atoms with Gasteiger partial charge in [0.15, 0.2) is 11.8 Å². The summed E-state index contributed by atoms with van der Waals surface area (Å²) < 4.78 is 19.8. The lowest BCUT2D eigenvalue weighted by Crippen LogP contribution is -2.40. The molecule has 9 heteroatoms. The molecule has 1 unspecified atom stereocenters. The quantitative estimate of drug-likeness (QED) is 0.786. The van der Waals surface area contributed by atoms with E-state index in [0.29, 0.717) is 5.69 Å². The number of aromatic nitrogens is 2. The first-order chi connectivity index (χ1) is 11.8. The molecule has 0 aliphatic rings. The van der Waals surface area contributed by atoms with Crippen molar-refractivity contribution in [2.75, 3.05) is 13.7 Å². The summed E-state index contributed by atoms with van der Waals surface area (Å²) in [6.45, 7) is 1.20. The summed E-state index contributed by atoms with van der Waals surface area (Å²) in [6.07, 6.45) is -1.26. The van der Waals surface area contributed by atoms with E-state index in [4.69, 9.17) is 5.11 Å². The second-order valence-electron chi connectivity index (χ2n) is 5.13. The van der Waals surface area contributed by atoms with Gasteiger partial charge in [-0.1, -0.05) is 12.1 Å². The number of nitrogens with one attached hydrogen (secondary N) is 1. The molecule has 25 heavy (non-hydrogen) atoms. The fourth-order valence-corrected chi connectivity index (χ4v) is 2.11. The highest BCUT2D eigenvalue weighted by Gasteiger charge is 2.21. The molecule has 1 aromatic carbocycles. The van der Waals surface area contributed by atoms with Gasteiger partial charge in [0.1, 0.15) is 11.5 Å². The zero-order valence-corrected chi connectivity index (χ0v) is 13.5. The van der Waals surface area contributed by atoms with Crippen molar-refractivity contribution < 1.29 is 23.8 Å². The summed E-state index contributed by atoms with van der Waals surface area (Å²) in [5, 5.41) is 15.1. The molecular weight excluding hydrogens is 333 g/mol. The van der Waals surface area contributed by atoms with Gasteiger partial charge in [-0.25, -0.2) is 13.9 Å². The fourth-order valence-electron chi connectivity index (χ4n) is 2.11. The number of ether oxygens (including phenoxy) is 1. The molecule has 0 fully saturated rings. The number of aryl methyl sites for hydroxylation is 1. The standard InChI is InChI=1S/C16H16FN3O5/c1-9-7-12(21)14(15(22)18-8-13(25-2)16(23)24)19-20(9)11-6-4-3-5-10(11)17/h3-7,13H,8H2,1-2H3,(H,18,22)(H,23,24). The van der Waals surface area contributed by atoms with E-state index in [9.17, 15) is 18.8 Å². The van der Waals surface area contributed by atoms with E-state index in [2.05, 4.69) is 15.2 Å². The molecule has 1 aromatic heterocycles. The molecule has 0 aliphatic carbocycles. The van der Waals surface area contributed by atoms with Gasteiger partial charge < -0.3 is 15.2 Å². The minimum Gasteiger partial charge on any atom is -0.479 e. The summed E-state index contributed by atoms with van der Waals surface area (Å²) >= 11 is 0. The summed E-state index contributed by atoms with van der Waals surface area (Å²) in [5.41, 5.74) is -0.720. The number of carboxylic acid groups (broad SMARTS) is 1. The maximum Gasteiger partial charge on any atom is 0.334 e. The summed E-state index contributed by atoms with van der Waals surface area (Å²) in [7, 11) is 1.18. The van der Waals surface area contributed by atoms with Crippen molar-refractivity contribution in [2.24, 2.45) is 0 Å². The summed E-state index contributed by atoms with van der Waals surface area (Å²) in [4.78, 5) is 35.0. The van der Waals surface area contributed by atoms with Gasteiger partial charge in [0, 0.05) is 18.9 Å². The van der Waals surface area contributed by atoms with Crippen molar-refractivity contribution in [1.82, 2.24) is 15.1 Å². The first kappa shape index (κ1) is 18.3. The van der Waals surface area contributed by atoms with Gasteiger partial charge in [-0.3, -0.25) is 9.59 Å². The second-order valence-corrected chi connectivity index (χ2v) is 5.13. The van der Waals surface area contributed by atoms with Crippen LogP contribution in [0.1, 0.15) is 16.2 Å². The average Bonchev–Trinajstić information content (AvgIpc) is 2.56. The van der Waals surface area contributed by atoms with Crippen LogP contribution in [0.2, 0.25) is 0 Å². The minimum absolute atomic E-state index is 0.0781. The third-order valence-corrected chi connectivity index (χ3v) is 3.41. The highest BCUT2D eigenvalue weighted by molar-refractivity contribution is 5.92. The molecule has 2 aromatic rings. The first-order valence-corrected chi connectivity index (χ1v) is 7.24. The summed E-state index contributed by atoms with van der Waals surface area (Å²) in [6, 6.07) is 6.92. The molecule has 132 valence electrons. The maximum absolute atomic E-state index is 14.0. The number of methoxy groups -OCH3 is 1. The Kier molecular flexibility index (Phi) is 5.60. The smallest absolute Gasteiger partial charge is 0.334 e. The molecule has 0 bridgehead atoms. The highest BCUT2D eigenvalue weighted by atomic mass is 19.1. The lowest BCUT2D eigenvalue weighted by Gasteiger charge is -2.13. The maximum atomic E-state index is 14.0. The van der Waals surface area contributed by atoms with Gasteiger partial charge in [0.25, 0.3) is 5.91 Å². The van der Waals surface area contributed by atoms with Crippen LogP contribution in [-0.4, -0.2) is 46.5 Å². The summed E-state index contributed by atoms with van der Waals surface area (Å²) in [5.74, 6) is -2.71. The van der Waals surface area contributed by atoms with Gasteiger partial charge in [-0.15, -0.1) is 0 Å². The monoisotopic (exact) mass is 349 g/mol. The molecular formula is C16H16FN3O5. The molecule has 2 rings (SSSR count). The zero-order valence-electron chi connectivity index (χ0n) is 13.5. The SMILES string of the molecule is COC(CNC(=O)c1nn(-c2ccccc2F)c(C)cc1=O)C(=O)O. The highest BCUT2D eigenvalue weighted by Crippen LogP contribution is 2.13. The van der Waals surface area contributed by atoms with E-state index in [-0.39, 0.29) is 12.2 Å². The largest absolute Gasteiger partial charge is 0.479 e. The molecule has 1 heterocycles. The number of para-hydroxylation sites is 1. The van der Waals surface area contributed by atoms with Crippen molar-refractivity contribution in [3.63, 3.8) is 0 Å². The van der Waals surface area contributed by atoms with Crippen molar-refractivity contribution in [2.45, 2.75) is 13.0 Å². The number of benzene rings is 1. The number of nitrogens with zero attached hydrogens (tertiary/aromatic N) is 2. The van der Waals surface area contributed by atoms with Crippen LogP contribution in [0.25, 0.3) is 5.69 Å². The number of rotatable bonds is 6. The number of carboxylic acids is 1. The minimum atomic E-state index is -1.26. The first-order valence-electron chi connectivity index (χ1n) is 7.24. The fraction of sp³-hybridized carbons (Fsp3) is 0.250. The molecule has 0 radical (unpaired) electrons. The van der Waals surface area contributed by atoms with Gasteiger partial charge >= 0.3 is 5.97 Å². The van der Waals surface area contributed by atoms with Crippen molar-refractivity contribution in [3.05, 3.63) is 57.8 Å². The van der Waals surface area contributed by atoms with Gasteiger partial charge in [-0.05, 0) is 19.1 Å². The van der Waals surface area contributed by atoms with E-state index < -0.39 is 34.9 Å². The molecule has 1 atom stereocenters. The van der Waals surface area contributed by atoms with E-state index in [0.717, 1.165) is 10.7 Å². The van der Waals surface area contributed by atoms with Crippen LogP contribution in [0.4, 0.5) is 4.39 Å². The van der Waals surface area contributed by atoms with Crippen LogP contribution in [0.15, 0.2) is 35.1 Å². The Balaban J connectivity index is 2.34. The number of carbonyl (C=O) groups excluding carboxylic acids is 1. The number of hydrogen-bond acceptors (Lipinski definition) is 5. The molecule has 1 amide bonds. The number of amides is 1. The lowest BCUT2D eigenvalue weighted by molar-refractivity contribution is -0.148. The number of halogens is 1. The Morgan fingerprint density at radius 2 is 2.08 bits per heavy atom. The third kappa shape index (κ3) is 4.07. The van der Waals surface area contributed by atoms with Crippen LogP contribution in [-0.2, 0) is 9.53 Å². The van der Waals surface area contributed by atoms with Gasteiger partial charge in [-0.2, -0.15) is 5.10 Å². The molecule has 8 nitrogen and oxygen atoms in total. The van der Waals surface area contributed by atoms with Crippen molar-refractivity contribution in [3.8, 4) is 5.69 Å². The van der Waals surface area contributed by atoms with Crippen LogP contribution < -0.4 is 10.7 Å². The second kappa shape index (κ2) is 7.67. The zero-order chi connectivity index (χ0) is 18.6. The number of hydrogen-bond donors (Lipinski definition) is 2. The Hall–Kier alpha value is -3.07. The molecule has 0 saturated heterocycles. The predicted octanol–water partition coefficient (Wildman–Crippen LogP) is 0.509. The molecule has 0 aliphatic heterocycles. The van der Waals surface area contributed by atoms with Gasteiger partial charge in [0.05, 0.1) is 6.54 Å². The van der Waals surface area contributed by atoms with Crippen LogP contribution in [0.3, 0.4) is 0 Å². The Morgan fingerprint density at radius 3 is 2.68 bits per heavy atom. The topological polar surface area (TPSA) is 111 Å². The van der Waals surface area contributed by atoms with E-state index in [1.54, 1.807) is 13.0 Å². The number of carbonyl (C=O) groups is 2. The van der Waals surface area contributed by atoms with Crippen LogP contribution >= 0.6 is 0 Å². The van der Waals surface area contributed by atoms with E-state index in [1.807, 2.05) is 0 Å². The Morgan fingerprint density at radius 1 is 1.40 bits per heavy atom. The predicted molar refractivity (Wildman–Crippen MR) is 85.3 cm³/mol. The average molecular weight is 349 g/mol. The Labute approximate surface area is 141 Å². The number of aliphatic carboxylic acids is 1. The van der Waals surface area contributed by atoms with Gasteiger partial charge in [0.2, 0.25) is 5.43 Å². The normalized spacial score (nSPS) is 11.8. The molecule has 0 saturated carbocycles. The van der Waals surface area contributed by atoms with E-state index in [1.165, 1.54) is 25.3 Å². The molecule has 0 spiro atoms. The third-order valence-electron chi connectivity index (χ3n) is 3.41. The van der Waals surface area contributed by atoms with E-state index >= 15 is 0 Å². The van der Waals surface area contributed by atoms with Crippen LogP contribution in [0.5, 0.6) is 0 Å². The lowest BCUT2D eigenvalue weighted by atomic mass is 10.2. The van der Waals surface area contributed by atoms with Crippen molar-refractivity contribution >= 4 is 11.9 Å². The van der Waals surface area contributed by atoms with Crippen LogP contribution in [0, 0.1) is 12.7 Å². The van der Waals surface area contributed by atoms with Crippen molar-refractivity contribution in [1.29, 1.82) is 0 Å². The Bertz CT molecular complexity index is 865. The molecule has 2 N–H and O–H groups in total.